The summed E-state index contributed by atoms with van der Waals surface area (Å²) in [5.74, 6) is 1.50. The van der Waals surface area contributed by atoms with E-state index in [1.54, 1.807) is 0 Å². The van der Waals surface area contributed by atoms with Crippen LogP contribution in [0.1, 0.15) is 0 Å². The lowest BCUT2D eigenvalue weighted by molar-refractivity contribution is 0.0862. The molecule has 1 aromatic rings. The maximum atomic E-state index is 5.61. The minimum atomic E-state index is -0.125. The van der Waals surface area contributed by atoms with Gasteiger partial charge in [0.1, 0.15) is 12.7 Å². The lowest BCUT2D eigenvalue weighted by atomic mass is 10.2. The Hall–Kier alpha value is -0.640. The van der Waals surface area contributed by atoms with E-state index in [1.165, 1.54) is 0 Å². The molecule has 1 heterocycles. The maximum Gasteiger partial charge on any atom is 0.161 e. The van der Waals surface area contributed by atoms with Crippen LogP contribution in [-0.4, -0.2) is 23.2 Å². The van der Waals surface area contributed by atoms with Crippen molar-refractivity contribution in [1.82, 2.24) is 3.94 Å². The second kappa shape index (κ2) is 4.26. The molecule has 1 aliphatic rings. The minimum Gasteiger partial charge on any atom is -0.486 e. The first-order valence-corrected chi connectivity index (χ1v) is 4.91. The summed E-state index contributed by atoms with van der Waals surface area (Å²) in [6, 6.07) is 7.51. The monoisotopic (exact) mass is 233 g/mol. The molecule has 1 aromatic carbocycles. The van der Waals surface area contributed by atoms with Gasteiger partial charge in [-0.05, 0) is 35.7 Å². The van der Waals surface area contributed by atoms with Gasteiger partial charge in [-0.2, -0.15) is 0 Å². The first kappa shape index (κ1) is 9.90. The molecule has 1 atom stereocenters. The van der Waals surface area contributed by atoms with E-state index in [4.69, 9.17) is 33.0 Å². The molecular formula is C9H9Cl2NO2. The van der Waals surface area contributed by atoms with Crippen LogP contribution < -0.4 is 9.47 Å². The van der Waals surface area contributed by atoms with Gasteiger partial charge in [0, 0.05) is 0 Å². The van der Waals surface area contributed by atoms with Gasteiger partial charge in [-0.1, -0.05) is 12.1 Å². The van der Waals surface area contributed by atoms with Gasteiger partial charge in [-0.3, -0.25) is 0 Å². The van der Waals surface area contributed by atoms with Crippen LogP contribution in [0.2, 0.25) is 0 Å². The average Bonchev–Trinajstić information content (AvgIpc) is 2.17. The predicted octanol–water partition coefficient (Wildman–Crippen LogP) is 2.44. The highest BCUT2D eigenvalue weighted by Gasteiger charge is 2.21. The van der Waals surface area contributed by atoms with Crippen molar-refractivity contribution >= 4 is 23.6 Å². The Morgan fingerprint density at radius 3 is 2.71 bits per heavy atom. The average molecular weight is 234 g/mol. The lowest BCUT2D eigenvalue weighted by Crippen LogP contribution is -2.35. The van der Waals surface area contributed by atoms with Crippen molar-refractivity contribution in [2.24, 2.45) is 0 Å². The van der Waals surface area contributed by atoms with Crippen LogP contribution in [0.4, 0.5) is 0 Å². The van der Waals surface area contributed by atoms with Gasteiger partial charge < -0.3 is 9.47 Å². The fourth-order valence-corrected chi connectivity index (χ4v) is 1.61. The molecule has 1 aliphatic heterocycles. The summed E-state index contributed by atoms with van der Waals surface area (Å²) in [5, 5.41) is 0. The molecule has 0 amide bonds. The second-order valence-electron chi connectivity index (χ2n) is 2.98. The van der Waals surface area contributed by atoms with Crippen LogP contribution in [0.15, 0.2) is 24.3 Å². The Labute approximate surface area is 92.3 Å². The fourth-order valence-electron chi connectivity index (χ4n) is 1.31. The molecule has 0 fully saturated rings. The van der Waals surface area contributed by atoms with E-state index in [0.717, 1.165) is 15.4 Å². The summed E-state index contributed by atoms with van der Waals surface area (Å²) < 4.78 is 12.1. The molecule has 14 heavy (non-hydrogen) atoms. The van der Waals surface area contributed by atoms with Crippen molar-refractivity contribution < 1.29 is 9.47 Å². The van der Waals surface area contributed by atoms with Crippen molar-refractivity contribution in [1.29, 1.82) is 0 Å². The van der Waals surface area contributed by atoms with Crippen LogP contribution >= 0.6 is 23.6 Å². The number of hydrogen-bond donors (Lipinski definition) is 0. The summed E-state index contributed by atoms with van der Waals surface area (Å²) in [6.45, 7) is 0.879. The van der Waals surface area contributed by atoms with E-state index in [9.17, 15) is 0 Å². The minimum absolute atomic E-state index is 0.125. The Bertz CT molecular complexity index is 319. The molecule has 0 spiro atoms. The van der Waals surface area contributed by atoms with E-state index < -0.39 is 0 Å². The second-order valence-corrected chi connectivity index (χ2v) is 3.97. The molecule has 0 saturated heterocycles. The van der Waals surface area contributed by atoms with Gasteiger partial charge in [0.2, 0.25) is 0 Å². The molecule has 0 radical (unpaired) electrons. The number of rotatable bonds is 2. The first-order chi connectivity index (χ1) is 6.75. The van der Waals surface area contributed by atoms with Crippen molar-refractivity contribution in [3.8, 4) is 11.5 Å². The maximum absolute atomic E-state index is 5.61. The molecule has 0 N–H and O–H groups in total. The van der Waals surface area contributed by atoms with Crippen LogP contribution in [0.25, 0.3) is 0 Å². The Kier molecular flexibility index (Phi) is 3.01. The van der Waals surface area contributed by atoms with Crippen molar-refractivity contribution in [3.63, 3.8) is 0 Å². The van der Waals surface area contributed by atoms with Gasteiger partial charge in [-0.25, -0.2) is 0 Å². The highest BCUT2D eigenvalue weighted by atomic mass is 35.5. The number of ether oxygens (including phenoxy) is 2. The molecule has 0 aliphatic carbocycles. The van der Waals surface area contributed by atoms with E-state index >= 15 is 0 Å². The highest BCUT2D eigenvalue weighted by Crippen LogP contribution is 2.31. The van der Waals surface area contributed by atoms with Crippen molar-refractivity contribution in [3.05, 3.63) is 24.3 Å². The van der Waals surface area contributed by atoms with E-state index in [0.29, 0.717) is 13.2 Å². The largest absolute Gasteiger partial charge is 0.486 e. The topological polar surface area (TPSA) is 21.7 Å². The molecule has 5 heteroatoms. The van der Waals surface area contributed by atoms with Gasteiger partial charge in [0.15, 0.2) is 11.5 Å². The Morgan fingerprint density at radius 1 is 1.29 bits per heavy atom. The summed E-state index contributed by atoms with van der Waals surface area (Å²) in [6.07, 6.45) is -0.125. The van der Waals surface area contributed by atoms with E-state index in [2.05, 4.69) is 0 Å². The standard InChI is InChI=1S/C9H9Cl2NO2/c10-12(11)5-7-6-13-8-3-1-2-4-9(8)14-7/h1-4,7H,5-6H2/t7-/m1/s1. The highest BCUT2D eigenvalue weighted by molar-refractivity contribution is 6.33. The number of hydrogen-bond acceptors (Lipinski definition) is 3. The third-order valence-electron chi connectivity index (χ3n) is 1.91. The zero-order valence-corrected chi connectivity index (χ0v) is 8.83. The zero-order valence-electron chi connectivity index (χ0n) is 7.32. The zero-order chi connectivity index (χ0) is 9.97. The molecule has 76 valence electrons. The lowest BCUT2D eigenvalue weighted by Gasteiger charge is -2.26. The van der Waals surface area contributed by atoms with Crippen LogP contribution in [0, 0.1) is 0 Å². The number of nitrogens with zero attached hydrogens (tertiary/aromatic N) is 1. The van der Waals surface area contributed by atoms with E-state index in [-0.39, 0.29) is 6.10 Å². The fraction of sp³-hybridized carbons (Fsp3) is 0.333. The smallest absolute Gasteiger partial charge is 0.161 e. The molecule has 0 aromatic heterocycles. The SMILES string of the molecule is ClN(Cl)C[C@@H]1COc2ccccc2O1. The third-order valence-corrected chi connectivity index (χ3v) is 2.19. The molecular weight excluding hydrogens is 225 g/mol. The summed E-state index contributed by atoms with van der Waals surface area (Å²) in [7, 11) is 0. The van der Waals surface area contributed by atoms with Gasteiger partial charge in [-0.15, -0.1) is 3.94 Å². The predicted molar refractivity (Wildman–Crippen MR) is 54.8 cm³/mol. The van der Waals surface area contributed by atoms with Gasteiger partial charge in [0.05, 0.1) is 6.54 Å². The number of halogens is 2. The molecule has 0 bridgehead atoms. The molecule has 0 unspecified atom stereocenters. The Balaban J connectivity index is 2.06. The van der Waals surface area contributed by atoms with Gasteiger partial charge in [0.25, 0.3) is 0 Å². The Morgan fingerprint density at radius 2 is 2.00 bits per heavy atom. The first-order valence-electron chi connectivity index (χ1n) is 4.23. The summed E-state index contributed by atoms with van der Waals surface area (Å²) in [5.41, 5.74) is 0. The number of benzene rings is 1. The molecule has 3 nitrogen and oxygen atoms in total. The summed E-state index contributed by atoms with van der Waals surface area (Å²) >= 11 is 11.0. The van der Waals surface area contributed by atoms with Crippen LogP contribution in [-0.2, 0) is 0 Å². The normalized spacial score (nSPS) is 19.8. The molecule has 2 rings (SSSR count). The van der Waals surface area contributed by atoms with Crippen LogP contribution in [0.3, 0.4) is 0 Å². The molecule has 0 saturated carbocycles. The van der Waals surface area contributed by atoms with Crippen LogP contribution in [0.5, 0.6) is 11.5 Å². The quantitative estimate of drug-likeness (QED) is 0.733. The van der Waals surface area contributed by atoms with Gasteiger partial charge >= 0.3 is 0 Å². The van der Waals surface area contributed by atoms with Crippen molar-refractivity contribution in [2.45, 2.75) is 6.10 Å². The summed E-state index contributed by atoms with van der Waals surface area (Å²) in [4.78, 5) is 0. The van der Waals surface area contributed by atoms with E-state index in [1.807, 2.05) is 24.3 Å². The number of fused-ring (bicyclic) bond motifs is 1. The van der Waals surface area contributed by atoms with Crippen molar-refractivity contribution in [2.75, 3.05) is 13.2 Å². The third kappa shape index (κ3) is 2.23. The number of para-hydroxylation sites is 2.